The molecule has 0 amide bonds. The van der Waals surface area contributed by atoms with Gasteiger partial charge in [-0.25, -0.2) is 5.48 Å². The maximum atomic E-state index is 10.1. The van der Waals surface area contributed by atoms with Crippen molar-refractivity contribution in [2.75, 3.05) is 26.5 Å². The first-order chi connectivity index (χ1) is 6.83. The number of hydroxylamine groups is 1. The third-order valence-electron chi connectivity index (χ3n) is 0.883. The van der Waals surface area contributed by atoms with E-state index in [1.54, 1.807) is 7.11 Å². The van der Waals surface area contributed by atoms with Crippen LogP contribution in [0.15, 0.2) is 0 Å². The van der Waals surface area contributed by atoms with Crippen molar-refractivity contribution in [1.29, 1.82) is 0 Å². The van der Waals surface area contributed by atoms with Crippen LogP contribution in [0.1, 0.15) is 6.92 Å². The van der Waals surface area contributed by atoms with E-state index in [-0.39, 0.29) is 0 Å². The summed E-state index contributed by atoms with van der Waals surface area (Å²) in [6.07, 6.45) is -0.598. The van der Waals surface area contributed by atoms with Crippen LogP contribution in [0.5, 0.6) is 0 Å². The first kappa shape index (κ1) is 16.9. The maximum Gasteiger partial charge on any atom is 0.339 e. The Labute approximate surface area is 87.7 Å². The van der Waals surface area contributed by atoms with Gasteiger partial charge in [0.1, 0.15) is 0 Å². The predicted octanol–water partition coefficient (Wildman–Crippen LogP) is -1.05. The smallest absolute Gasteiger partial charge is 0.339 e. The van der Waals surface area contributed by atoms with Gasteiger partial charge in [-0.2, -0.15) is 0 Å². The highest BCUT2D eigenvalue weighted by Gasteiger charge is 2.11. The standard InChI is InChI=1S/C3H8NO5P.C3H9NO/c5-3(6)1-4-2-10(7,8)9;1-3-4-5-2/h4H,1-2H2,(H,5,6)(H2,7,8,9);4H,3H2,1-2H3. The van der Waals surface area contributed by atoms with Crippen molar-refractivity contribution < 1.29 is 29.1 Å². The van der Waals surface area contributed by atoms with Gasteiger partial charge in [0.15, 0.2) is 0 Å². The third kappa shape index (κ3) is 24.7. The fourth-order valence-electron chi connectivity index (χ4n) is 0.453. The summed E-state index contributed by atoms with van der Waals surface area (Å²) >= 11 is 0. The molecule has 0 aliphatic rings. The van der Waals surface area contributed by atoms with Gasteiger partial charge >= 0.3 is 13.6 Å². The number of carboxylic acid groups (broad SMARTS) is 1. The molecule has 0 aromatic rings. The topological polar surface area (TPSA) is 128 Å². The summed E-state index contributed by atoms with van der Waals surface area (Å²) in [5.41, 5.74) is 2.61. The summed E-state index contributed by atoms with van der Waals surface area (Å²) in [5, 5.41) is 10.1. The van der Waals surface area contributed by atoms with E-state index in [9.17, 15) is 9.36 Å². The van der Waals surface area contributed by atoms with Crippen LogP contribution in [0, 0.1) is 0 Å². The lowest BCUT2D eigenvalue weighted by molar-refractivity contribution is -0.135. The van der Waals surface area contributed by atoms with E-state index in [1.165, 1.54) is 0 Å². The molecular weight excluding hydrogens is 227 g/mol. The van der Waals surface area contributed by atoms with Crippen molar-refractivity contribution >= 4 is 13.6 Å². The van der Waals surface area contributed by atoms with Crippen molar-refractivity contribution in [2.24, 2.45) is 0 Å². The summed E-state index contributed by atoms with van der Waals surface area (Å²) in [7, 11) is -2.50. The minimum absolute atomic E-state index is 0.439. The second kappa shape index (κ2) is 10.0. The molecule has 0 unspecified atom stereocenters. The first-order valence-corrected chi connectivity index (χ1v) is 5.86. The Kier molecular flexibility index (Phi) is 11.3. The molecule has 15 heavy (non-hydrogen) atoms. The van der Waals surface area contributed by atoms with Gasteiger partial charge in [-0.15, -0.1) is 0 Å². The summed E-state index contributed by atoms with van der Waals surface area (Å²) in [6.45, 7) is 2.41. The zero-order chi connectivity index (χ0) is 12.3. The molecule has 0 saturated heterocycles. The monoisotopic (exact) mass is 244 g/mol. The molecule has 0 heterocycles. The van der Waals surface area contributed by atoms with Crippen LogP contribution in [0.2, 0.25) is 0 Å². The van der Waals surface area contributed by atoms with E-state index < -0.39 is 26.4 Å². The van der Waals surface area contributed by atoms with Crippen LogP contribution in [0.4, 0.5) is 0 Å². The highest BCUT2D eigenvalue weighted by Crippen LogP contribution is 2.31. The normalized spacial score (nSPS) is 10.4. The molecule has 0 bridgehead atoms. The molecule has 0 rings (SSSR count). The third-order valence-corrected chi connectivity index (χ3v) is 1.52. The maximum absolute atomic E-state index is 10.1. The van der Waals surface area contributed by atoms with Gasteiger partial charge in [0.25, 0.3) is 0 Å². The predicted molar refractivity (Wildman–Crippen MR) is 53.2 cm³/mol. The second-order valence-corrected chi connectivity index (χ2v) is 3.99. The Hall–Kier alpha value is -0.500. The average Bonchev–Trinajstić information content (AvgIpc) is 2.03. The van der Waals surface area contributed by atoms with Crippen molar-refractivity contribution in [3.8, 4) is 0 Å². The van der Waals surface area contributed by atoms with Gasteiger partial charge in [0, 0.05) is 6.54 Å². The summed E-state index contributed by atoms with van der Waals surface area (Å²) in [6, 6.07) is 0. The fourth-order valence-corrected chi connectivity index (χ4v) is 0.856. The molecule has 8 nitrogen and oxygen atoms in total. The largest absolute Gasteiger partial charge is 0.480 e. The Bertz CT molecular complexity index is 204. The molecule has 5 N–H and O–H groups in total. The Balaban J connectivity index is 0. The Morgan fingerprint density at radius 1 is 1.47 bits per heavy atom. The van der Waals surface area contributed by atoms with Crippen LogP contribution < -0.4 is 10.8 Å². The molecule has 0 saturated carbocycles. The van der Waals surface area contributed by atoms with E-state index in [0.717, 1.165) is 6.54 Å². The lowest BCUT2D eigenvalue weighted by Crippen LogP contribution is -2.23. The number of carboxylic acids is 1. The molecule has 0 aromatic heterocycles. The van der Waals surface area contributed by atoms with Crippen molar-refractivity contribution in [1.82, 2.24) is 10.8 Å². The van der Waals surface area contributed by atoms with Gasteiger partial charge < -0.3 is 19.7 Å². The van der Waals surface area contributed by atoms with E-state index >= 15 is 0 Å². The van der Waals surface area contributed by atoms with E-state index in [2.05, 4.69) is 15.6 Å². The molecule has 0 aliphatic heterocycles. The molecule has 0 aromatic carbocycles. The zero-order valence-electron chi connectivity index (χ0n) is 8.63. The summed E-state index contributed by atoms with van der Waals surface area (Å²) < 4.78 is 10.1. The molecule has 0 atom stereocenters. The molecule has 0 radical (unpaired) electrons. The van der Waals surface area contributed by atoms with Crippen molar-refractivity contribution in [2.45, 2.75) is 6.92 Å². The minimum Gasteiger partial charge on any atom is -0.480 e. The molecule has 0 fully saturated rings. The van der Waals surface area contributed by atoms with Crippen molar-refractivity contribution in [3.63, 3.8) is 0 Å². The van der Waals surface area contributed by atoms with Gasteiger partial charge in [-0.1, -0.05) is 6.92 Å². The number of rotatable bonds is 6. The summed E-state index contributed by atoms with van der Waals surface area (Å²) in [4.78, 5) is 30.6. The number of carbonyl (C=O) groups is 1. The number of hydrogen-bond acceptors (Lipinski definition) is 5. The number of aliphatic carboxylic acids is 1. The lowest BCUT2D eigenvalue weighted by atomic mass is 10.7. The Morgan fingerprint density at radius 2 is 2.00 bits per heavy atom. The summed E-state index contributed by atoms with van der Waals surface area (Å²) in [5.74, 6) is -1.14. The fraction of sp³-hybridized carbons (Fsp3) is 0.833. The highest BCUT2D eigenvalue weighted by atomic mass is 31.2. The van der Waals surface area contributed by atoms with Crippen molar-refractivity contribution in [3.05, 3.63) is 0 Å². The second-order valence-electron chi connectivity index (χ2n) is 2.35. The molecule has 9 heteroatoms. The number of nitrogens with one attached hydrogen (secondary N) is 2. The minimum atomic E-state index is -4.10. The quantitative estimate of drug-likeness (QED) is 0.296. The molecule has 0 spiro atoms. The van der Waals surface area contributed by atoms with Gasteiger partial charge in [-0.3, -0.25) is 14.7 Å². The zero-order valence-corrected chi connectivity index (χ0v) is 9.53. The van der Waals surface area contributed by atoms with Gasteiger partial charge in [-0.05, 0) is 0 Å². The van der Waals surface area contributed by atoms with Crippen LogP contribution in [-0.2, 0) is 14.2 Å². The number of hydrogen-bond donors (Lipinski definition) is 5. The van der Waals surface area contributed by atoms with Gasteiger partial charge in [0.2, 0.25) is 0 Å². The SMILES string of the molecule is CCNOC.O=C(O)CNCP(=O)(O)O. The van der Waals surface area contributed by atoms with Crippen LogP contribution >= 0.6 is 7.60 Å². The lowest BCUT2D eigenvalue weighted by Gasteiger charge is -2.02. The van der Waals surface area contributed by atoms with E-state index in [4.69, 9.17) is 14.9 Å². The average molecular weight is 244 g/mol. The first-order valence-electron chi connectivity index (χ1n) is 4.06. The molecule has 92 valence electrons. The van der Waals surface area contributed by atoms with Crippen LogP contribution in [0.25, 0.3) is 0 Å². The van der Waals surface area contributed by atoms with Crippen LogP contribution in [-0.4, -0.2) is 47.3 Å². The Morgan fingerprint density at radius 3 is 2.20 bits per heavy atom. The highest BCUT2D eigenvalue weighted by molar-refractivity contribution is 7.51. The molecule has 0 aliphatic carbocycles. The molecular formula is C6H17N2O6P. The van der Waals surface area contributed by atoms with Gasteiger partial charge in [0.05, 0.1) is 19.9 Å². The van der Waals surface area contributed by atoms with E-state index in [1.807, 2.05) is 6.92 Å². The van der Waals surface area contributed by atoms with E-state index in [0.29, 0.717) is 0 Å². The van der Waals surface area contributed by atoms with Crippen LogP contribution in [0.3, 0.4) is 0 Å².